The molecule has 0 fully saturated rings. The summed E-state index contributed by atoms with van der Waals surface area (Å²) in [4.78, 5) is 36.8. The minimum atomic E-state index is -0.191. The van der Waals surface area contributed by atoms with Crippen molar-refractivity contribution < 1.29 is 14.4 Å². The number of carbonyl (C=O) groups is 3. The Morgan fingerprint density at radius 1 is 1.03 bits per heavy atom. The Bertz CT molecular complexity index is 1000. The van der Waals surface area contributed by atoms with Crippen molar-refractivity contribution >= 4 is 45.4 Å². The number of ketones is 2. The second-order valence-corrected chi connectivity index (χ2v) is 8.57. The first-order valence-electron chi connectivity index (χ1n) is 9.89. The summed E-state index contributed by atoms with van der Waals surface area (Å²) >= 11 is 1.38. The Morgan fingerprint density at radius 3 is 2.55 bits per heavy atom. The van der Waals surface area contributed by atoms with Gasteiger partial charge in [-0.05, 0) is 41.6 Å². The van der Waals surface area contributed by atoms with Crippen LogP contribution in [0.15, 0.2) is 48.0 Å². The van der Waals surface area contributed by atoms with Gasteiger partial charge in [-0.15, -0.1) is 11.3 Å². The number of aromatic nitrogens is 1. The number of rotatable bonds is 10. The number of thiophene rings is 1. The van der Waals surface area contributed by atoms with Gasteiger partial charge in [-0.1, -0.05) is 19.9 Å². The molecule has 6 heteroatoms. The van der Waals surface area contributed by atoms with E-state index in [9.17, 15) is 14.4 Å². The fraction of sp³-hybridized carbons (Fsp3) is 0.348. The number of hydrogen-bond acceptors (Lipinski definition) is 4. The van der Waals surface area contributed by atoms with Crippen LogP contribution in [-0.4, -0.2) is 22.0 Å². The van der Waals surface area contributed by atoms with Crippen LogP contribution >= 0.6 is 11.3 Å². The maximum atomic E-state index is 12.2. The van der Waals surface area contributed by atoms with E-state index in [4.69, 9.17) is 0 Å². The summed E-state index contributed by atoms with van der Waals surface area (Å²) in [5, 5.41) is 5.78. The van der Waals surface area contributed by atoms with Gasteiger partial charge in [0.15, 0.2) is 5.78 Å². The Morgan fingerprint density at radius 2 is 1.83 bits per heavy atom. The van der Waals surface area contributed by atoms with Crippen LogP contribution in [-0.2, 0) is 16.1 Å². The third-order valence-electron chi connectivity index (χ3n) is 4.67. The van der Waals surface area contributed by atoms with Gasteiger partial charge in [0, 0.05) is 55.0 Å². The molecular weight excluding hydrogens is 384 g/mol. The number of nitrogens with zero attached hydrogens (tertiary/aromatic N) is 1. The van der Waals surface area contributed by atoms with Gasteiger partial charge in [0.1, 0.15) is 5.78 Å². The number of nitrogens with one attached hydrogen (secondary N) is 1. The van der Waals surface area contributed by atoms with Crippen LogP contribution in [0.25, 0.3) is 10.9 Å². The zero-order valence-electron chi connectivity index (χ0n) is 16.8. The van der Waals surface area contributed by atoms with Crippen molar-refractivity contribution in [2.24, 2.45) is 5.92 Å². The molecule has 0 spiro atoms. The quantitative estimate of drug-likeness (QED) is 0.461. The van der Waals surface area contributed by atoms with E-state index >= 15 is 0 Å². The van der Waals surface area contributed by atoms with E-state index in [0.717, 1.165) is 23.1 Å². The summed E-state index contributed by atoms with van der Waals surface area (Å²) in [6.45, 7) is 5.31. The molecule has 1 aromatic carbocycles. The van der Waals surface area contributed by atoms with Gasteiger partial charge in [0.25, 0.3) is 0 Å². The van der Waals surface area contributed by atoms with Gasteiger partial charge in [-0.2, -0.15) is 0 Å². The van der Waals surface area contributed by atoms with Crippen LogP contribution in [0.2, 0.25) is 0 Å². The molecule has 2 aromatic heterocycles. The number of hydrogen-bond donors (Lipinski definition) is 1. The summed E-state index contributed by atoms with van der Waals surface area (Å²) in [5.74, 6) is 0.286. The first kappa shape index (κ1) is 21.0. The summed E-state index contributed by atoms with van der Waals surface area (Å²) in [5.41, 5.74) is 1.87. The zero-order chi connectivity index (χ0) is 20.8. The molecule has 152 valence electrons. The highest BCUT2D eigenvalue weighted by molar-refractivity contribution is 7.12. The molecule has 3 rings (SSSR count). The number of amides is 1. The van der Waals surface area contributed by atoms with Crippen LogP contribution in [0.1, 0.15) is 49.2 Å². The molecule has 0 atom stereocenters. The van der Waals surface area contributed by atoms with Crippen molar-refractivity contribution in [1.82, 2.24) is 4.57 Å². The molecule has 2 heterocycles. The highest BCUT2D eigenvalue weighted by Crippen LogP contribution is 2.22. The maximum Gasteiger partial charge on any atom is 0.224 e. The summed E-state index contributed by atoms with van der Waals surface area (Å²) in [7, 11) is 0. The third kappa shape index (κ3) is 5.87. The maximum absolute atomic E-state index is 12.2. The second-order valence-electron chi connectivity index (χ2n) is 7.62. The van der Waals surface area contributed by atoms with E-state index < -0.39 is 0 Å². The molecule has 0 unspecified atom stereocenters. The third-order valence-corrected chi connectivity index (χ3v) is 5.59. The molecule has 1 N–H and O–H groups in total. The predicted octanol–water partition coefficient (Wildman–Crippen LogP) is 5.31. The average molecular weight is 411 g/mol. The topological polar surface area (TPSA) is 68.2 Å². The average Bonchev–Trinajstić information content (AvgIpc) is 3.34. The molecule has 0 aliphatic heterocycles. The van der Waals surface area contributed by atoms with Crippen molar-refractivity contribution in [1.29, 1.82) is 0 Å². The van der Waals surface area contributed by atoms with Crippen molar-refractivity contribution in [2.45, 2.75) is 46.1 Å². The van der Waals surface area contributed by atoms with Gasteiger partial charge >= 0.3 is 0 Å². The number of carbonyl (C=O) groups excluding carboxylic acids is 3. The lowest BCUT2D eigenvalue weighted by molar-refractivity contribution is -0.122. The van der Waals surface area contributed by atoms with E-state index in [2.05, 4.69) is 29.9 Å². The Kier molecular flexibility index (Phi) is 6.99. The van der Waals surface area contributed by atoms with Crippen LogP contribution in [0.3, 0.4) is 0 Å². The number of Topliss-reactive ketones (excluding diaryl/α,β-unsaturated/α-hetero) is 2. The SMILES string of the molecule is CC(C)Cn1ccc2cc(NC(=O)CCC(=O)CCC(=O)c3cccs3)ccc21. The van der Waals surface area contributed by atoms with E-state index in [1.807, 2.05) is 35.7 Å². The molecule has 5 nitrogen and oxygen atoms in total. The lowest BCUT2D eigenvalue weighted by Gasteiger charge is -2.09. The lowest BCUT2D eigenvalue weighted by atomic mass is 10.1. The van der Waals surface area contributed by atoms with E-state index in [-0.39, 0.29) is 43.2 Å². The minimum absolute atomic E-state index is 0.0180. The molecule has 0 saturated heterocycles. The predicted molar refractivity (Wildman–Crippen MR) is 118 cm³/mol. The van der Waals surface area contributed by atoms with Crippen LogP contribution in [0, 0.1) is 5.92 Å². The molecule has 29 heavy (non-hydrogen) atoms. The summed E-state index contributed by atoms with van der Waals surface area (Å²) in [6, 6.07) is 11.5. The smallest absolute Gasteiger partial charge is 0.224 e. The first-order valence-corrected chi connectivity index (χ1v) is 10.8. The fourth-order valence-electron chi connectivity index (χ4n) is 3.25. The minimum Gasteiger partial charge on any atom is -0.347 e. The highest BCUT2D eigenvalue weighted by Gasteiger charge is 2.12. The standard InChI is InChI=1S/C23H26N2O3S/c1-16(2)15-25-12-11-17-14-18(5-8-20(17)25)24-23(28)10-7-19(26)6-9-21(27)22-4-3-13-29-22/h3-5,8,11-14,16H,6-7,9-10,15H2,1-2H3,(H,24,28). The highest BCUT2D eigenvalue weighted by atomic mass is 32.1. The first-order chi connectivity index (χ1) is 13.9. The molecule has 0 aliphatic carbocycles. The summed E-state index contributed by atoms with van der Waals surface area (Å²) < 4.78 is 2.21. The van der Waals surface area contributed by atoms with E-state index in [0.29, 0.717) is 10.8 Å². The molecule has 0 aliphatic rings. The Balaban J connectivity index is 1.46. The Labute approximate surface area is 174 Å². The van der Waals surface area contributed by atoms with E-state index in [1.54, 1.807) is 6.07 Å². The zero-order valence-corrected chi connectivity index (χ0v) is 17.6. The summed E-state index contributed by atoms with van der Waals surface area (Å²) in [6.07, 6.45) is 2.71. The number of fused-ring (bicyclic) bond motifs is 1. The van der Waals surface area contributed by atoms with Crippen LogP contribution in [0.4, 0.5) is 5.69 Å². The van der Waals surface area contributed by atoms with Crippen LogP contribution < -0.4 is 5.32 Å². The largest absolute Gasteiger partial charge is 0.347 e. The molecule has 0 saturated carbocycles. The molecule has 0 bridgehead atoms. The van der Waals surface area contributed by atoms with Crippen molar-refractivity contribution in [3.05, 3.63) is 52.9 Å². The molecule has 0 radical (unpaired) electrons. The lowest BCUT2D eigenvalue weighted by Crippen LogP contribution is -2.14. The fourth-order valence-corrected chi connectivity index (χ4v) is 3.94. The second kappa shape index (κ2) is 9.65. The van der Waals surface area contributed by atoms with Crippen molar-refractivity contribution in [2.75, 3.05) is 5.32 Å². The van der Waals surface area contributed by atoms with E-state index in [1.165, 1.54) is 11.3 Å². The monoisotopic (exact) mass is 410 g/mol. The molecular formula is C23H26N2O3S. The molecule has 1 amide bonds. The number of anilines is 1. The van der Waals surface area contributed by atoms with Crippen LogP contribution in [0.5, 0.6) is 0 Å². The number of benzene rings is 1. The van der Waals surface area contributed by atoms with Crippen molar-refractivity contribution in [3.8, 4) is 0 Å². The van der Waals surface area contributed by atoms with Gasteiger partial charge in [0.2, 0.25) is 5.91 Å². The van der Waals surface area contributed by atoms with Gasteiger partial charge in [0.05, 0.1) is 4.88 Å². The van der Waals surface area contributed by atoms with Crippen molar-refractivity contribution in [3.63, 3.8) is 0 Å². The van der Waals surface area contributed by atoms with Gasteiger partial charge < -0.3 is 9.88 Å². The molecule has 3 aromatic rings. The Hall–Kier alpha value is -2.73. The normalized spacial score (nSPS) is 11.1. The van der Waals surface area contributed by atoms with Gasteiger partial charge in [-0.25, -0.2) is 0 Å². The van der Waals surface area contributed by atoms with Gasteiger partial charge in [-0.3, -0.25) is 14.4 Å².